The Morgan fingerprint density at radius 2 is 0.755 bits per heavy atom. The van der Waals surface area contributed by atoms with Gasteiger partial charge in [0.15, 0.2) is 0 Å². The lowest BCUT2D eigenvalue weighted by Crippen LogP contribution is -1.92. The Morgan fingerprint density at radius 1 is 0.286 bits per heavy atom. The number of hydrogen-bond acceptors (Lipinski definition) is 1. The molecule has 0 bridgehead atoms. The highest BCUT2D eigenvalue weighted by atomic mass is 16.3. The van der Waals surface area contributed by atoms with Crippen molar-refractivity contribution in [3.8, 4) is 44.5 Å². The number of hydrogen-bond donors (Lipinski definition) is 0. The summed E-state index contributed by atoms with van der Waals surface area (Å²) in [4.78, 5) is 0. The van der Waals surface area contributed by atoms with E-state index in [1.165, 1.54) is 0 Å². The lowest BCUT2D eigenvalue weighted by molar-refractivity contribution is 0.669. The average molecular weight is 653 g/mol. The molecule has 228 valence electrons. The summed E-state index contributed by atoms with van der Waals surface area (Å²) in [5.74, 6) is 0. The van der Waals surface area contributed by atoms with Gasteiger partial charge in [-0.1, -0.05) is 145 Å². The van der Waals surface area contributed by atoms with Crippen molar-refractivity contribution in [1.82, 2.24) is 0 Å². The van der Waals surface area contributed by atoms with Crippen LogP contribution in [0.25, 0.3) is 98.8 Å². The second kappa shape index (κ2) is 11.1. The van der Waals surface area contributed by atoms with Crippen LogP contribution in [0.3, 0.4) is 0 Å². The predicted octanol–water partition coefficient (Wildman–Crippen LogP) is 13.7. The molecule has 49 heavy (non-hydrogen) atoms. The van der Waals surface area contributed by atoms with E-state index in [1.807, 2.05) is 0 Å². The van der Waals surface area contributed by atoms with Crippen molar-refractivity contribution < 1.29 is 45.5 Å². The first-order valence-corrected chi connectivity index (χ1v) is 14.4. The first-order chi connectivity index (χ1) is 36.8. The van der Waals surface area contributed by atoms with E-state index in [1.54, 1.807) is 0 Å². The maximum absolute atomic E-state index is 9.97. The first kappa shape index (κ1) is 11.1. The molecule has 0 saturated carbocycles. The van der Waals surface area contributed by atoms with Gasteiger partial charge in [0.1, 0.15) is 11.2 Å². The van der Waals surface area contributed by atoms with Crippen LogP contribution < -0.4 is 0 Å². The Bertz CT molecular complexity index is 4540. The number of fused-ring (bicyclic) bond motifs is 6. The van der Waals surface area contributed by atoms with Gasteiger partial charge in [-0.05, 0) is 113 Å². The SMILES string of the molecule is [2H]c1c([2H])c([2H])c(-c2c([2H])c([2H])c3c(-c4c([2H])c([2H])c([2H])c([2H])c4[2H])c4c([2H])c([2H])c([2H])c([2H])c4c(-c4c([2H])c([2H])c5c([2H])c(-c6c([2H])c([2H])c7oc8c([2H])c([2H])c([2H])c([2H])c8c7c6[2H])c([2H])c([2H])c5c4[2H])c3c2[2H])c([2H])c1[2H]. The van der Waals surface area contributed by atoms with E-state index in [0.29, 0.717) is 0 Å². The Hall–Kier alpha value is -6.44. The minimum Gasteiger partial charge on any atom is -0.456 e. The second-order valence-corrected chi connectivity index (χ2v) is 10.5. The molecule has 0 aliphatic carbocycles. The molecule has 1 heterocycles. The van der Waals surface area contributed by atoms with Crippen LogP contribution >= 0.6 is 0 Å². The van der Waals surface area contributed by atoms with Gasteiger partial charge in [0, 0.05) is 10.8 Å². The molecule has 0 fully saturated rings. The molecule has 9 aromatic carbocycles. The van der Waals surface area contributed by atoms with E-state index in [9.17, 15) is 16.4 Å². The van der Waals surface area contributed by atoms with Crippen molar-refractivity contribution in [2.45, 2.75) is 0 Å². The third-order valence-electron chi connectivity index (χ3n) is 7.76. The molecule has 0 aliphatic heterocycles. The van der Waals surface area contributed by atoms with E-state index < -0.39 is 280 Å². The van der Waals surface area contributed by atoms with Crippen LogP contribution in [0.2, 0.25) is 0 Å². The standard InChI is InChI=1S/C48H30O/c1-3-11-31(12-4-1)36-23-25-42-44(30-36)48(41-17-8-7-16-40(41)47(42)32-13-5-2-6-14-32)38-22-21-33-27-34(19-20-35(33)28-38)37-24-26-46-43(29-37)39-15-9-10-18-45(39)49-46/h1-30H/i1D,2D,3D,4D,5D,6D,7D,8D,9D,10D,11D,12D,13D,14D,15D,16D,17D,18D,19D,20D,21D,22D,23D,24D,25D,26D,27D,28D,29D,30D. The van der Waals surface area contributed by atoms with Gasteiger partial charge < -0.3 is 4.42 Å². The molecule has 0 spiro atoms. The lowest BCUT2D eigenvalue weighted by atomic mass is 9.84. The van der Waals surface area contributed by atoms with Crippen LogP contribution in [0.5, 0.6) is 0 Å². The summed E-state index contributed by atoms with van der Waals surface area (Å²) in [5.41, 5.74) is -7.69. The average Bonchev–Trinajstić information content (AvgIpc) is 3.96. The summed E-state index contributed by atoms with van der Waals surface area (Å²) >= 11 is 0. The summed E-state index contributed by atoms with van der Waals surface area (Å²) in [5, 5.41) is -5.73. The zero-order valence-electron chi connectivity index (χ0n) is 54.4. The maximum atomic E-state index is 9.97. The molecule has 10 rings (SSSR count). The molecule has 0 radical (unpaired) electrons. The van der Waals surface area contributed by atoms with Gasteiger partial charge in [-0.2, -0.15) is 0 Å². The van der Waals surface area contributed by atoms with Gasteiger partial charge >= 0.3 is 0 Å². The Kier molecular flexibility index (Phi) is 2.50. The minimum absolute atomic E-state index is 0.398. The fourth-order valence-electron chi connectivity index (χ4n) is 5.65. The summed E-state index contributed by atoms with van der Waals surface area (Å²) in [7, 11) is 0. The monoisotopic (exact) mass is 652 g/mol. The minimum atomic E-state index is -1.14. The van der Waals surface area contributed by atoms with Crippen LogP contribution in [0.15, 0.2) is 186 Å². The molecule has 1 aromatic heterocycles. The van der Waals surface area contributed by atoms with Crippen LogP contribution in [0, 0.1) is 0 Å². The third-order valence-corrected chi connectivity index (χ3v) is 7.76. The molecular formula is C48H30O. The summed E-state index contributed by atoms with van der Waals surface area (Å²) in [6, 6.07) is -29.1. The molecule has 10 aromatic rings. The lowest BCUT2D eigenvalue weighted by Gasteiger charge is -2.19. The number of furan rings is 1. The molecule has 0 aliphatic rings. The number of para-hydroxylation sites is 1. The Balaban J connectivity index is 1.47. The van der Waals surface area contributed by atoms with Gasteiger partial charge in [-0.15, -0.1) is 0 Å². The zero-order chi connectivity index (χ0) is 58.4. The molecular weight excluding hydrogens is 593 g/mol. The number of benzene rings is 9. The fraction of sp³-hybridized carbons (Fsp3) is 0. The second-order valence-electron chi connectivity index (χ2n) is 10.5. The first-order valence-electron chi connectivity index (χ1n) is 29.4. The van der Waals surface area contributed by atoms with Crippen LogP contribution in [0.1, 0.15) is 41.1 Å². The molecule has 1 nitrogen and oxygen atoms in total. The highest BCUT2D eigenvalue weighted by Crippen LogP contribution is 2.45. The molecule has 1 heteroatoms. The van der Waals surface area contributed by atoms with Gasteiger partial charge in [-0.25, -0.2) is 0 Å². The molecule has 0 unspecified atom stereocenters. The Morgan fingerprint density at radius 3 is 1.51 bits per heavy atom. The van der Waals surface area contributed by atoms with Gasteiger partial charge in [0.25, 0.3) is 0 Å². The molecule has 0 N–H and O–H groups in total. The van der Waals surface area contributed by atoms with Gasteiger partial charge in [-0.3, -0.25) is 0 Å². The summed E-state index contributed by atoms with van der Waals surface area (Å²) in [6.45, 7) is 0. The van der Waals surface area contributed by atoms with Crippen molar-refractivity contribution in [3.05, 3.63) is 181 Å². The molecule has 0 amide bonds. The van der Waals surface area contributed by atoms with Crippen molar-refractivity contribution in [2.75, 3.05) is 0 Å². The van der Waals surface area contributed by atoms with Crippen molar-refractivity contribution in [2.24, 2.45) is 0 Å². The van der Waals surface area contributed by atoms with E-state index >= 15 is 0 Å². The van der Waals surface area contributed by atoms with Gasteiger partial charge in [0.05, 0.1) is 41.1 Å². The largest absolute Gasteiger partial charge is 0.456 e. The maximum Gasteiger partial charge on any atom is 0.135 e. The Labute approximate surface area is 326 Å². The van der Waals surface area contributed by atoms with Crippen LogP contribution in [-0.4, -0.2) is 0 Å². The van der Waals surface area contributed by atoms with E-state index in [4.69, 9.17) is 29.1 Å². The van der Waals surface area contributed by atoms with Crippen molar-refractivity contribution >= 4 is 54.3 Å². The van der Waals surface area contributed by atoms with Crippen molar-refractivity contribution in [3.63, 3.8) is 0 Å². The van der Waals surface area contributed by atoms with E-state index in [-0.39, 0.29) is 0 Å². The smallest absolute Gasteiger partial charge is 0.135 e. The number of rotatable bonds is 4. The highest BCUT2D eigenvalue weighted by Gasteiger charge is 2.18. The zero-order valence-corrected chi connectivity index (χ0v) is 24.4. The van der Waals surface area contributed by atoms with E-state index in [2.05, 4.69) is 0 Å². The fourth-order valence-corrected chi connectivity index (χ4v) is 5.65. The third kappa shape index (κ3) is 4.55. The molecule has 0 saturated heterocycles. The highest BCUT2D eigenvalue weighted by molar-refractivity contribution is 6.22. The van der Waals surface area contributed by atoms with Crippen LogP contribution in [-0.2, 0) is 0 Å². The molecule has 0 atom stereocenters. The summed E-state index contributed by atoms with van der Waals surface area (Å²) in [6.07, 6.45) is 0. The van der Waals surface area contributed by atoms with Gasteiger partial charge in [0.2, 0.25) is 0 Å². The normalized spacial score (nSPS) is 20.2. The van der Waals surface area contributed by atoms with E-state index in [0.717, 1.165) is 0 Å². The predicted molar refractivity (Wildman–Crippen MR) is 208 cm³/mol. The van der Waals surface area contributed by atoms with Crippen molar-refractivity contribution in [1.29, 1.82) is 0 Å². The summed E-state index contributed by atoms with van der Waals surface area (Å²) < 4.78 is 276. The quantitative estimate of drug-likeness (QED) is 0.172. The van der Waals surface area contributed by atoms with Crippen LogP contribution in [0.4, 0.5) is 0 Å². The topological polar surface area (TPSA) is 13.1 Å².